The summed E-state index contributed by atoms with van der Waals surface area (Å²) in [4.78, 5) is 24.7. The third-order valence-corrected chi connectivity index (χ3v) is 5.40. The minimum atomic E-state index is -5.08. The summed E-state index contributed by atoms with van der Waals surface area (Å²) in [6.45, 7) is 7.27. The van der Waals surface area contributed by atoms with Crippen LogP contribution >= 0.6 is 0 Å². The van der Waals surface area contributed by atoms with Crippen LogP contribution in [0.25, 0.3) is 10.9 Å². The number of nitrogens with one attached hydrogen (secondary N) is 1. The minimum absolute atomic E-state index is 0.483. The number of benzene rings is 1. The number of hydrogen-bond donors (Lipinski definition) is 2. The van der Waals surface area contributed by atoms with Gasteiger partial charge in [0.2, 0.25) is 0 Å². The van der Waals surface area contributed by atoms with Crippen LogP contribution in [0.5, 0.6) is 0 Å². The highest BCUT2D eigenvalue weighted by atomic mass is 19.4. The Hall–Kier alpha value is -3.27. The van der Waals surface area contributed by atoms with Crippen LogP contribution in [0.15, 0.2) is 42.7 Å². The Morgan fingerprint density at radius 1 is 1.15 bits per heavy atom. The van der Waals surface area contributed by atoms with E-state index >= 15 is 0 Å². The molecule has 0 amide bonds. The molecule has 10 heteroatoms. The Kier molecular flexibility index (Phi) is 7.80. The first-order chi connectivity index (χ1) is 15.6. The molecule has 0 spiro atoms. The summed E-state index contributed by atoms with van der Waals surface area (Å²) in [5, 5.41) is 11.9. The van der Waals surface area contributed by atoms with E-state index in [0.717, 1.165) is 55.2 Å². The first-order valence-corrected chi connectivity index (χ1v) is 10.5. The van der Waals surface area contributed by atoms with Crippen LogP contribution in [0.1, 0.15) is 29.8 Å². The fraction of sp³-hybridized carbons (Fsp3) is 0.391. The van der Waals surface area contributed by atoms with Crippen molar-refractivity contribution in [1.29, 1.82) is 0 Å². The SMILES string of the molecule is Cc1cc(NC2CCN(Cc3cc4ccccc4nc3C)CC2)ncn1.O=C(O)C(F)(F)F. The number of anilines is 1. The number of aryl methyl sites for hydroxylation is 2. The van der Waals surface area contributed by atoms with E-state index < -0.39 is 12.1 Å². The van der Waals surface area contributed by atoms with Gasteiger partial charge < -0.3 is 10.4 Å². The third kappa shape index (κ3) is 7.11. The molecule has 176 valence electrons. The van der Waals surface area contributed by atoms with Crippen molar-refractivity contribution in [3.63, 3.8) is 0 Å². The van der Waals surface area contributed by atoms with Crippen molar-refractivity contribution in [1.82, 2.24) is 19.9 Å². The van der Waals surface area contributed by atoms with Gasteiger partial charge in [0.05, 0.1) is 5.52 Å². The maximum atomic E-state index is 10.6. The lowest BCUT2D eigenvalue weighted by Gasteiger charge is -2.32. The van der Waals surface area contributed by atoms with E-state index in [0.29, 0.717) is 6.04 Å². The zero-order valence-corrected chi connectivity index (χ0v) is 18.4. The van der Waals surface area contributed by atoms with Crippen LogP contribution in [0.3, 0.4) is 0 Å². The Morgan fingerprint density at radius 2 is 1.82 bits per heavy atom. The smallest absolute Gasteiger partial charge is 0.475 e. The lowest BCUT2D eigenvalue weighted by Crippen LogP contribution is -2.39. The molecule has 0 atom stereocenters. The lowest BCUT2D eigenvalue weighted by molar-refractivity contribution is -0.192. The number of aliphatic carboxylic acids is 1. The van der Waals surface area contributed by atoms with Crippen LogP contribution in [0, 0.1) is 13.8 Å². The second kappa shape index (κ2) is 10.6. The topological polar surface area (TPSA) is 91.2 Å². The van der Waals surface area contributed by atoms with E-state index in [9.17, 15) is 13.2 Å². The van der Waals surface area contributed by atoms with Crippen molar-refractivity contribution < 1.29 is 23.1 Å². The molecule has 0 unspecified atom stereocenters. The van der Waals surface area contributed by atoms with E-state index in [1.165, 1.54) is 10.9 Å². The monoisotopic (exact) mass is 461 g/mol. The molecule has 1 aliphatic rings. The van der Waals surface area contributed by atoms with E-state index in [4.69, 9.17) is 14.9 Å². The Morgan fingerprint density at radius 3 is 2.45 bits per heavy atom. The first-order valence-electron chi connectivity index (χ1n) is 10.5. The summed E-state index contributed by atoms with van der Waals surface area (Å²) < 4.78 is 31.7. The number of nitrogens with zero attached hydrogens (tertiary/aromatic N) is 4. The van der Waals surface area contributed by atoms with Crippen LogP contribution in [0.4, 0.5) is 19.0 Å². The maximum Gasteiger partial charge on any atom is 0.490 e. The molecule has 1 saturated heterocycles. The highest BCUT2D eigenvalue weighted by molar-refractivity contribution is 5.79. The summed E-state index contributed by atoms with van der Waals surface area (Å²) >= 11 is 0. The number of para-hydroxylation sites is 1. The van der Waals surface area contributed by atoms with E-state index in [-0.39, 0.29) is 0 Å². The molecular formula is C23H26F3N5O2. The van der Waals surface area contributed by atoms with Gasteiger partial charge in [-0.25, -0.2) is 14.8 Å². The van der Waals surface area contributed by atoms with Crippen LogP contribution in [0.2, 0.25) is 0 Å². The molecule has 1 aromatic carbocycles. The second-order valence-corrected chi connectivity index (χ2v) is 7.97. The van der Waals surface area contributed by atoms with Crippen molar-refractivity contribution >= 4 is 22.7 Å². The van der Waals surface area contributed by atoms with Gasteiger partial charge in [-0.15, -0.1) is 0 Å². The predicted octanol–water partition coefficient (Wildman–Crippen LogP) is 4.35. The number of halogens is 3. The number of carboxylic acids is 1. The zero-order chi connectivity index (χ0) is 24.0. The summed E-state index contributed by atoms with van der Waals surface area (Å²) in [7, 11) is 0. The number of fused-ring (bicyclic) bond motifs is 1. The standard InChI is InChI=1S/C21H25N5.C2HF3O2/c1-15-11-21(23-14-22-15)25-19-7-9-26(10-8-19)13-18-12-17-5-3-4-6-20(17)24-16(18)2;3-2(4,5)1(6)7/h3-6,11-12,14,19H,7-10,13H2,1-2H3,(H,22,23,25);(H,6,7). The van der Waals surface area contributed by atoms with Gasteiger partial charge in [0.1, 0.15) is 12.1 Å². The molecule has 0 aliphatic carbocycles. The molecule has 1 fully saturated rings. The number of alkyl halides is 3. The van der Waals surface area contributed by atoms with E-state index in [2.05, 4.69) is 51.4 Å². The van der Waals surface area contributed by atoms with Crippen molar-refractivity contribution in [2.75, 3.05) is 18.4 Å². The summed E-state index contributed by atoms with van der Waals surface area (Å²) in [5.74, 6) is -1.82. The Labute approximate surface area is 189 Å². The third-order valence-electron chi connectivity index (χ3n) is 5.40. The summed E-state index contributed by atoms with van der Waals surface area (Å²) in [5.41, 5.74) is 4.55. The van der Waals surface area contributed by atoms with Crippen molar-refractivity contribution in [3.05, 3.63) is 59.7 Å². The number of pyridine rings is 1. The minimum Gasteiger partial charge on any atom is -0.475 e. The molecular weight excluding hydrogens is 435 g/mol. The number of piperidine rings is 1. The Bertz CT molecular complexity index is 1100. The molecule has 2 aromatic heterocycles. The van der Waals surface area contributed by atoms with Gasteiger partial charge in [0.15, 0.2) is 0 Å². The number of carboxylic acid groups (broad SMARTS) is 1. The van der Waals surface area contributed by atoms with Gasteiger partial charge in [-0.1, -0.05) is 18.2 Å². The normalized spacial score (nSPS) is 15.1. The molecule has 2 N–H and O–H groups in total. The number of carbonyl (C=O) groups is 1. The zero-order valence-electron chi connectivity index (χ0n) is 18.4. The number of rotatable bonds is 4. The van der Waals surface area contributed by atoms with Gasteiger partial charge in [-0.05, 0) is 44.4 Å². The van der Waals surface area contributed by atoms with Crippen molar-refractivity contribution in [2.45, 2.75) is 45.5 Å². The quantitative estimate of drug-likeness (QED) is 0.597. The van der Waals surface area contributed by atoms with Crippen molar-refractivity contribution in [3.8, 4) is 0 Å². The number of aromatic nitrogens is 3. The fourth-order valence-electron chi connectivity index (χ4n) is 3.64. The molecule has 0 saturated carbocycles. The number of likely N-dealkylation sites (tertiary alicyclic amines) is 1. The maximum absolute atomic E-state index is 10.6. The van der Waals surface area contributed by atoms with Crippen LogP contribution in [-0.4, -0.2) is 56.2 Å². The van der Waals surface area contributed by atoms with Gasteiger partial charge in [0, 0.05) is 48.5 Å². The highest BCUT2D eigenvalue weighted by Crippen LogP contribution is 2.21. The Balaban J connectivity index is 0.000000383. The van der Waals surface area contributed by atoms with Crippen molar-refractivity contribution in [2.24, 2.45) is 0 Å². The second-order valence-electron chi connectivity index (χ2n) is 7.97. The average Bonchev–Trinajstić information content (AvgIpc) is 2.75. The van der Waals surface area contributed by atoms with Crippen LogP contribution < -0.4 is 5.32 Å². The first kappa shape index (κ1) is 24.4. The largest absolute Gasteiger partial charge is 0.490 e. The van der Waals surface area contributed by atoms with Gasteiger partial charge in [-0.3, -0.25) is 9.88 Å². The summed E-state index contributed by atoms with van der Waals surface area (Å²) in [6, 6.07) is 13.1. The molecule has 1 aliphatic heterocycles. The molecule has 3 aromatic rings. The lowest BCUT2D eigenvalue weighted by atomic mass is 10.0. The molecule has 0 radical (unpaired) electrons. The fourth-order valence-corrected chi connectivity index (χ4v) is 3.64. The van der Waals surface area contributed by atoms with Gasteiger partial charge in [-0.2, -0.15) is 13.2 Å². The van der Waals surface area contributed by atoms with E-state index in [1.54, 1.807) is 6.33 Å². The van der Waals surface area contributed by atoms with Gasteiger partial charge >= 0.3 is 12.1 Å². The molecule has 7 nitrogen and oxygen atoms in total. The summed E-state index contributed by atoms with van der Waals surface area (Å²) in [6.07, 6.45) is -1.20. The predicted molar refractivity (Wildman–Crippen MR) is 119 cm³/mol. The van der Waals surface area contributed by atoms with Gasteiger partial charge in [0.25, 0.3) is 0 Å². The molecule has 0 bridgehead atoms. The molecule has 3 heterocycles. The van der Waals surface area contributed by atoms with E-state index in [1.807, 2.05) is 19.1 Å². The molecule has 33 heavy (non-hydrogen) atoms. The highest BCUT2D eigenvalue weighted by Gasteiger charge is 2.38. The van der Waals surface area contributed by atoms with Crippen LogP contribution in [-0.2, 0) is 11.3 Å². The number of hydrogen-bond acceptors (Lipinski definition) is 6. The average molecular weight is 461 g/mol. The molecule has 4 rings (SSSR count).